The molecule has 0 radical (unpaired) electrons. The van der Waals surface area contributed by atoms with Crippen molar-refractivity contribution >= 4 is 5.97 Å². The van der Waals surface area contributed by atoms with Gasteiger partial charge in [0.15, 0.2) is 0 Å². The van der Waals surface area contributed by atoms with Crippen molar-refractivity contribution in [3.05, 3.63) is 53.6 Å². The number of aromatic carboxylic acids is 1. The first-order valence-electron chi connectivity index (χ1n) is 5.01. The molecule has 0 aliphatic carbocycles. The Morgan fingerprint density at radius 1 is 1.33 bits per heavy atom. The molecular formula is C13H7FN2O2. The Labute approximate surface area is 102 Å². The number of nitrogens with zero attached hydrogens (tertiary/aromatic N) is 2. The minimum Gasteiger partial charge on any atom is -0.478 e. The summed E-state index contributed by atoms with van der Waals surface area (Å²) >= 11 is 0. The van der Waals surface area contributed by atoms with Gasteiger partial charge in [-0.15, -0.1) is 0 Å². The van der Waals surface area contributed by atoms with Gasteiger partial charge in [0, 0.05) is 23.5 Å². The average Bonchev–Trinajstić information content (AvgIpc) is 2.39. The van der Waals surface area contributed by atoms with Crippen LogP contribution in [0.5, 0.6) is 0 Å². The Bertz CT molecular complexity index is 662. The summed E-state index contributed by atoms with van der Waals surface area (Å²) in [5.74, 6) is -1.92. The summed E-state index contributed by atoms with van der Waals surface area (Å²) in [4.78, 5) is 14.7. The summed E-state index contributed by atoms with van der Waals surface area (Å²) in [6.45, 7) is 0. The second kappa shape index (κ2) is 4.63. The van der Waals surface area contributed by atoms with Gasteiger partial charge >= 0.3 is 5.97 Å². The summed E-state index contributed by atoms with van der Waals surface area (Å²) < 4.78 is 14.0. The van der Waals surface area contributed by atoms with E-state index >= 15 is 0 Å². The van der Waals surface area contributed by atoms with Crippen molar-refractivity contribution in [3.8, 4) is 17.2 Å². The van der Waals surface area contributed by atoms with Gasteiger partial charge in [0.2, 0.25) is 0 Å². The molecule has 2 rings (SSSR count). The van der Waals surface area contributed by atoms with Gasteiger partial charge in [-0.25, -0.2) is 9.18 Å². The molecule has 0 saturated heterocycles. The van der Waals surface area contributed by atoms with E-state index in [9.17, 15) is 9.18 Å². The molecule has 18 heavy (non-hydrogen) atoms. The SMILES string of the molecule is N#Cc1cccc(-c2ccncc2C(=O)O)c1F. The molecular weight excluding hydrogens is 235 g/mol. The van der Waals surface area contributed by atoms with E-state index < -0.39 is 11.8 Å². The van der Waals surface area contributed by atoms with Gasteiger partial charge in [-0.3, -0.25) is 4.98 Å². The van der Waals surface area contributed by atoms with Gasteiger partial charge in [0.05, 0.1) is 11.1 Å². The Morgan fingerprint density at radius 3 is 2.78 bits per heavy atom. The maximum atomic E-state index is 14.0. The molecule has 0 amide bonds. The first kappa shape index (κ1) is 11.7. The molecule has 0 aliphatic rings. The van der Waals surface area contributed by atoms with Crippen molar-refractivity contribution in [2.45, 2.75) is 0 Å². The zero-order valence-electron chi connectivity index (χ0n) is 9.09. The third-order valence-electron chi connectivity index (χ3n) is 2.46. The van der Waals surface area contributed by atoms with Crippen molar-refractivity contribution < 1.29 is 14.3 Å². The summed E-state index contributed by atoms with van der Waals surface area (Å²) in [7, 11) is 0. The van der Waals surface area contributed by atoms with Crippen LogP contribution in [-0.2, 0) is 0 Å². The van der Waals surface area contributed by atoms with Crippen LogP contribution < -0.4 is 0 Å². The number of benzene rings is 1. The topological polar surface area (TPSA) is 74.0 Å². The number of carboxylic acid groups (broad SMARTS) is 1. The van der Waals surface area contributed by atoms with Gasteiger partial charge in [0.25, 0.3) is 0 Å². The summed E-state index contributed by atoms with van der Waals surface area (Å²) in [6.07, 6.45) is 2.52. The van der Waals surface area contributed by atoms with E-state index in [4.69, 9.17) is 10.4 Å². The van der Waals surface area contributed by atoms with Crippen LogP contribution in [0.1, 0.15) is 15.9 Å². The van der Waals surface area contributed by atoms with Crippen molar-refractivity contribution in [1.29, 1.82) is 5.26 Å². The number of rotatable bonds is 2. The van der Waals surface area contributed by atoms with Crippen molar-refractivity contribution in [2.75, 3.05) is 0 Å². The van der Waals surface area contributed by atoms with Crippen LogP contribution in [0.15, 0.2) is 36.7 Å². The van der Waals surface area contributed by atoms with Crippen molar-refractivity contribution in [3.63, 3.8) is 0 Å². The molecule has 0 fully saturated rings. The Balaban J connectivity index is 2.71. The summed E-state index contributed by atoms with van der Waals surface area (Å²) in [5.41, 5.74) is 0.0492. The number of halogens is 1. The standard InChI is InChI=1S/C13H7FN2O2/c14-12-8(6-15)2-1-3-10(12)9-4-5-16-7-11(9)13(17)18/h1-5,7H,(H,17,18). The van der Waals surface area contributed by atoms with Crippen molar-refractivity contribution in [1.82, 2.24) is 4.98 Å². The van der Waals surface area contributed by atoms with Crippen LogP contribution >= 0.6 is 0 Å². The number of carbonyl (C=O) groups is 1. The van der Waals surface area contributed by atoms with Crippen molar-refractivity contribution in [2.24, 2.45) is 0 Å². The Hall–Kier alpha value is -2.74. The predicted molar refractivity (Wildman–Crippen MR) is 61.3 cm³/mol. The van der Waals surface area contributed by atoms with Gasteiger partial charge in [-0.05, 0) is 12.1 Å². The zero-order chi connectivity index (χ0) is 13.1. The molecule has 1 aromatic carbocycles. The number of carboxylic acids is 1. The lowest BCUT2D eigenvalue weighted by atomic mass is 9.99. The van der Waals surface area contributed by atoms with Crippen LogP contribution in [0.3, 0.4) is 0 Å². The predicted octanol–water partition coefficient (Wildman–Crippen LogP) is 2.46. The molecule has 1 aromatic heterocycles. The van der Waals surface area contributed by atoms with Crippen LogP contribution in [0.2, 0.25) is 0 Å². The molecule has 0 atom stereocenters. The minimum absolute atomic E-state index is 0.0776. The average molecular weight is 242 g/mol. The first-order valence-corrected chi connectivity index (χ1v) is 5.01. The number of hydrogen-bond acceptors (Lipinski definition) is 3. The molecule has 2 aromatic rings. The van der Waals surface area contributed by atoms with E-state index in [1.54, 1.807) is 6.07 Å². The molecule has 0 saturated carbocycles. The van der Waals surface area contributed by atoms with E-state index in [1.807, 2.05) is 0 Å². The van der Waals surface area contributed by atoms with E-state index in [2.05, 4.69) is 4.98 Å². The maximum Gasteiger partial charge on any atom is 0.337 e. The highest BCUT2D eigenvalue weighted by molar-refractivity contribution is 5.95. The molecule has 4 nitrogen and oxygen atoms in total. The lowest BCUT2D eigenvalue weighted by molar-refractivity contribution is 0.0697. The molecule has 88 valence electrons. The second-order valence-electron chi connectivity index (χ2n) is 3.51. The van der Waals surface area contributed by atoms with E-state index in [0.717, 1.165) is 6.20 Å². The van der Waals surface area contributed by atoms with Crippen LogP contribution in [-0.4, -0.2) is 16.1 Å². The quantitative estimate of drug-likeness (QED) is 0.877. The fourth-order valence-corrected chi connectivity index (χ4v) is 1.63. The van der Waals surface area contributed by atoms with Crippen LogP contribution in [0, 0.1) is 17.1 Å². The van der Waals surface area contributed by atoms with Gasteiger partial charge in [-0.2, -0.15) is 5.26 Å². The van der Waals surface area contributed by atoms with Gasteiger partial charge in [0.1, 0.15) is 11.9 Å². The second-order valence-corrected chi connectivity index (χ2v) is 3.51. The Kier molecular flexibility index (Phi) is 3.02. The normalized spacial score (nSPS) is 9.78. The first-order chi connectivity index (χ1) is 8.65. The highest BCUT2D eigenvalue weighted by Crippen LogP contribution is 2.27. The molecule has 1 heterocycles. The third-order valence-corrected chi connectivity index (χ3v) is 2.46. The summed E-state index contributed by atoms with van der Waals surface area (Å²) in [5, 5.41) is 17.8. The molecule has 0 unspecified atom stereocenters. The molecule has 0 spiro atoms. The number of aromatic nitrogens is 1. The van der Waals surface area contributed by atoms with Crippen LogP contribution in [0.4, 0.5) is 4.39 Å². The number of pyridine rings is 1. The van der Waals surface area contributed by atoms with Crippen LogP contribution in [0.25, 0.3) is 11.1 Å². The fraction of sp³-hybridized carbons (Fsp3) is 0. The van der Waals surface area contributed by atoms with Gasteiger partial charge in [-0.1, -0.05) is 12.1 Å². The Morgan fingerprint density at radius 2 is 2.11 bits per heavy atom. The monoisotopic (exact) mass is 242 g/mol. The van der Waals surface area contributed by atoms with E-state index in [-0.39, 0.29) is 22.3 Å². The molecule has 5 heteroatoms. The highest BCUT2D eigenvalue weighted by Gasteiger charge is 2.16. The lowest BCUT2D eigenvalue weighted by Gasteiger charge is -2.07. The number of hydrogen-bond donors (Lipinski definition) is 1. The summed E-state index contributed by atoms with van der Waals surface area (Å²) in [6, 6.07) is 7.39. The highest BCUT2D eigenvalue weighted by atomic mass is 19.1. The maximum absolute atomic E-state index is 14.0. The minimum atomic E-state index is -1.19. The smallest absolute Gasteiger partial charge is 0.337 e. The lowest BCUT2D eigenvalue weighted by Crippen LogP contribution is -2.01. The van der Waals surface area contributed by atoms with Gasteiger partial charge < -0.3 is 5.11 Å². The zero-order valence-corrected chi connectivity index (χ0v) is 9.09. The number of nitriles is 1. The molecule has 0 bridgehead atoms. The van der Waals surface area contributed by atoms with E-state index in [1.165, 1.54) is 30.5 Å². The largest absolute Gasteiger partial charge is 0.478 e. The molecule has 1 N–H and O–H groups in total. The third kappa shape index (κ3) is 1.92. The van der Waals surface area contributed by atoms with E-state index in [0.29, 0.717) is 0 Å². The molecule has 0 aliphatic heterocycles. The fourth-order valence-electron chi connectivity index (χ4n) is 1.63.